The van der Waals surface area contributed by atoms with Gasteiger partial charge in [-0.3, -0.25) is 10.1 Å². The maximum Gasteiger partial charge on any atom is 0.258 e. The van der Waals surface area contributed by atoms with Crippen LogP contribution in [0.15, 0.2) is 40.1 Å². The molecule has 1 aliphatic carbocycles. The number of amides is 1. The summed E-state index contributed by atoms with van der Waals surface area (Å²) >= 11 is 4.79. The Balaban J connectivity index is 1.38. The predicted molar refractivity (Wildman–Crippen MR) is 114 cm³/mol. The number of nitrogens with one attached hydrogen (secondary N) is 1. The van der Waals surface area contributed by atoms with Gasteiger partial charge in [0.25, 0.3) is 5.91 Å². The minimum atomic E-state index is -0.0572. The van der Waals surface area contributed by atoms with E-state index in [1.165, 1.54) is 40.2 Å². The number of hydrogen-bond acceptors (Lipinski definition) is 6. The Morgan fingerprint density at radius 3 is 2.96 bits per heavy atom. The van der Waals surface area contributed by atoms with Gasteiger partial charge in [-0.1, -0.05) is 66.8 Å². The molecule has 1 atom stereocenters. The third-order valence-corrected chi connectivity index (χ3v) is 8.01. The topological polar surface area (TPSA) is 54.9 Å². The molecule has 2 heterocycles. The fourth-order valence-corrected chi connectivity index (χ4v) is 6.22. The van der Waals surface area contributed by atoms with E-state index in [-0.39, 0.29) is 5.91 Å². The van der Waals surface area contributed by atoms with Crippen LogP contribution in [0, 0.1) is 5.92 Å². The third kappa shape index (κ3) is 4.42. The zero-order valence-corrected chi connectivity index (χ0v) is 17.6. The van der Waals surface area contributed by atoms with Crippen molar-refractivity contribution in [2.45, 2.75) is 42.7 Å². The number of hydrogen-bond donors (Lipinski definition) is 1. The van der Waals surface area contributed by atoms with Gasteiger partial charge in [0.15, 0.2) is 4.34 Å². The van der Waals surface area contributed by atoms with Gasteiger partial charge in [0.05, 0.1) is 5.56 Å². The monoisotopic (exact) mass is 415 g/mol. The molecule has 27 heavy (non-hydrogen) atoms. The molecule has 1 unspecified atom stereocenters. The number of nitrogens with zero attached hydrogens (tertiary/aromatic N) is 2. The number of aromatic nitrogens is 2. The number of thiophene rings is 1. The van der Waals surface area contributed by atoms with E-state index in [1.807, 2.05) is 23.6 Å². The number of carbonyl (C=O) groups is 1. The lowest BCUT2D eigenvalue weighted by Crippen LogP contribution is -2.17. The summed E-state index contributed by atoms with van der Waals surface area (Å²) in [4.78, 5) is 14.1. The van der Waals surface area contributed by atoms with Crippen molar-refractivity contribution < 1.29 is 4.79 Å². The average molecular weight is 416 g/mol. The SMILES string of the molecule is CCC1CCc2c(C(=O)Nc3nnc(SCc4ccccc4)s3)csc2C1. The highest BCUT2D eigenvalue weighted by Crippen LogP contribution is 2.35. The zero-order valence-electron chi connectivity index (χ0n) is 15.1. The van der Waals surface area contributed by atoms with Crippen LogP contribution in [0.1, 0.15) is 46.1 Å². The van der Waals surface area contributed by atoms with E-state index in [2.05, 4.69) is 34.6 Å². The van der Waals surface area contributed by atoms with Crippen molar-refractivity contribution in [3.05, 3.63) is 57.3 Å². The van der Waals surface area contributed by atoms with Gasteiger partial charge in [-0.05, 0) is 36.3 Å². The summed E-state index contributed by atoms with van der Waals surface area (Å²) in [6.45, 7) is 2.25. The number of thioether (sulfide) groups is 1. The molecular weight excluding hydrogens is 394 g/mol. The molecule has 1 aliphatic rings. The van der Waals surface area contributed by atoms with Gasteiger partial charge in [0.2, 0.25) is 5.13 Å². The van der Waals surface area contributed by atoms with Crippen molar-refractivity contribution in [3.63, 3.8) is 0 Å². The standard InChI is InChI=1S/C20H21N3OS3/c1-2-13-8-9-15-16(12-25-17(15)10-13)18(24)21-19-22-23-20(27-19)26-11-14-6-4-3-5-7-14/h3-7,12-13H,2,8-11H2,1H3,(H,21,22,24). The summed E-state index contributed by atoms with van der Waals surface area (Å²) < 4.78 is 0.868. The lowest BCUT2D eigenvalue weighted by Gasteiger charge is -2.21. The highest BCUT2D eigenvalue weighted by molar-refractivity contribution is 8.00. The molecule has 0 fully saturated rings. The molecule has 140 valence electrons. The molecular formula is C20H21N3OS3. The van der Waals surface area contributed by atoms with Crippen LogP contribution in [0.4, 0.5) is 5.13 Å². The summed E-state index contributed by atoms with van der Waals surface area (Å²) in [6, 6.07) is 10.3. The van der Waals surface area contributed by atoms with Crippen molar-refractivity contribution in [3.8, 4) is 0 Å². The lowest BCUT2D eigenvalue weighted by atomic mass is 9.86. The van der Waals surface area contributed by atoms with Crippen molar-refractivity contribution in [1.82, 2.24) is 10.2 Å². The van der Waals surface area contributed by atoms with Gasteiger partial charge in [-0.15, -0.1) is 21.5 Å². The maximum atomic E-state index is 12.7. The molecule has 0 aliphatic heterocycles. The summed E-state index contributed by atoms with van der Waals surface area (Å²) in [7, 11) is 0. The summed E-state index contributed by atoms with van der Waals surface area (Å²) in [5, 5.41) is 13.8. The Labute approximate surface area is 171 Å². The lowest BCUT2D eigenvalue weighted by molar-refractivity contribution is 0.102. The average Bonchev–Trinajstić information content (AvgIpc) is 3.33. The predicted octanol–water partition coefficient (Wildman–Crippen LogP) is 5.66. The van der Waals surface area contributed by atoms with E-state index in [9.17, 15) is 4.79 Å². The highest BCUT2D eigenvalue weighted by Gasteiger charge is 2.24. The Bertz CT molecular complexity index is 920. The van der Waals surface area contributed by atoms with Crippen LogP contribution in [0.3, 0.4) is 0 Å². The summed E-state index contributed by atoms with van der Waals surface area (Å²) in [6.07, 6.45) is 4.52. The van der Waals surface area contributed by atoms with E-state index < -0.39 is 0 Å². The normalized spacial score (nSPS) is 16.1. The molecule has 0 radical (unpaired) electrons. The van der Waals surface area contributed by atoms with Gasteiger partial charge < -0.3 is 0 Å². The molecule has 1 amide bonds. The number of fused-ring (bicyclic) bond motifs is 1. The maximum absolute atomic E-state index is 12.7. The molecule has 4 rings (SSSR count). The number of anilines is 1. The molecule has 0 saturated heterocycles. The van der Waals surface area contributed by atoms with Gasteiger partial charge in [-0.25, -0.2) is 0 Å². The quantitative estimate of drug-likeness (QED) is 0.417. The van der Waals surface area contributed by atoms with Crippen LogP contribution in [0.5, 0.6) is 0 Å². The number of rotatable bonds is 6. The molecule has 1 N–H and O–H groups in total. The molecule has 0 saturated carbocycles. The van der Waals surface area contributed by atoms with E-state index >= 15 is 0 Å². The largest absolute Gasteiger partial charge is 0.296 e. The first-order valence-corrected chi connectivity index (χ1v) is 11.8. The fraction of sp³-hybridized carbons (Fsp3) is 0.350. The van der Waals surface area contributed by atoms with Crippen LogP contribution < -0.4 is 5.32 Å². The Morgan fingerprint density at radius 1 is 1.30 bits per heavy atom. The minimum Gasteiger partial charge on any atom is -0.296 e. The van der Waals surface area contributed by atoms with Crippen LogP contribution in [-0.2, 0) is 18.6 Å². The molecule has 7 heteroatoms. The van der Waals surface area contributed by atoms with E-state index in [0.717, 1.165) is 34.4 Å². The minimum absolute atomic E-state index is 0.0572. The fourth-order valence-electron chi connectivity index (χ4n) is 3.32. The van der Waals surface area contributed by atoms with Gasteiger partial charge >= 0.3 is 0 Å². The molecule has 1 aromatic carbocycles. The first-order valence-electron chi connectivity index (χ1n) is 9.13. The number of carbonyl (C=O) groups excluding carboxylic acids is 1. The van der Waals surface area contributed by atoms with E-state index in [0.29, 0.717) is 5.13 Å². The molecule has 0 bridgehead atoms. The van der Waals surface area contributed by atoms with Crippen LogP contribution >= 0.6 is 34.4 Å². The van der Waals surface area contributed by atoms with Crippen LogP contribution in [-0.4, -0.2) is 16.1 Å². The van der Waals surface area contributed by atoms with Crippen LogP contribution in [0.25, 0.3) is 0 Å². The van der Waals surface area contributed by atoms with Crippen molar-refractivity contribution in [2.24, 2.45) is 5.92 Å². The molecule has 3 aromatic rings. The Kier molecular flexibility index (Phi) is 5.90. The van der Waals surface area contributed by atoms with Gasteiger partial charge in [0, 0.05) is 16.0 Å². The second-order valence-electron chi connectivity index (χ2n) is 6.67. The summed E-state index contributed by atoms with van der Waals surface area (Å²) in [5.74, 6) is 1.55. The molecule has 2 aromatic heterocycles. The van der Waals surface area contributed by atoms with Crippen molar-refractivity contribution in [2.75, 3.05) is 5.32 Å². The van der Waals surface area contributed by atoms with E-state index in [1.54, 1.807) is 23.1 Å². The smallest absolute Gasteiger partial charge is 0.258 e. The van der Waals surface area contributed by atoms with Crippen molar-refractivity contribution >= 4 is 45.5 Å². The number of benzene rings is 1. The van der Waals surface area contributed by atoms with Crippen LogP contribution in [0.2, 0.25) is 0 Å². The first-order chi connectivity index (χ1) is 13.2. The zero-order chi connectivity index (χ0) is 18.6. The summed E-state index contributed by atoms with van der Waals surface area (Å²) in [5.41, 5.74) is 3.31. The third-order valence-electron chi connectivity index (χ3n) is 4.91. The Morgan fingerprint density at radius 2 is 2.15 bits per heavy atom. The first kappa shape index (κ1) is 18.7. The van der Waals surface area contributed by atoms with E-state index in [4.69, 9.17) is 0 Å². The Hall–Kier alpha value is -1.70. The molecule has 4 nitrogen and oxygen atoms in total. The van der Waals surface area contributed by atoms with Gasteiger partial charge in [-0.2, -0.15) is 0 Å². The van der Waals surface area contributed by atoms with Crippen molar-refractivity contribution in [1.29, 1.82) is 0 Å². The molecule has 0 spiro atoms. The second kappa shape index (κ2) is 8.54. The van der Waals surface area contributed by atoms with Gasteiger partial charge in [0.1, 0.15) is 0 Å². The highest BCUT2D eigenvalue weighted by atomic mass is 32.2. The second-order valence-corrected chi connectivity index (χ2v) is 9.83.